The molecule has 0 saturated carbocycles. The molecule has 0 bridgehead atoms. The molecule has 2 aromatic rings. The molecule has 0 amide bonds. The van der Waals surface area contributed by atoms with Crippen LogP contribution in [-0.4, -0.2) is 0 Å². The van der Waals surface area contributed by atoms with Crippen molar-refractivity contribution < 1.29 is 8.78 Å². The summed E-state index contributed by atoms with van der Waals surface area (Å²) in [6, 6.07) is 9.75. The Morgan fingerprint density at radius 3 is 2.39 bits per heavy atom. The van der Waals surface area contributed by atoms with Gasteiger partial charge >= 0.3 is 0 Å². The van der Waals surface area contributed by atoms with Crippen molar-refractivity contribution in [3.8, 4) is 11.1 Å². The number of hydrogen-bond donors (Lipinski definition) is 0. The van der Waals surface area contributed by atoms with Gasteiger partial charge in [0, 0.05) is 5.56 Å². The minimum Gasteiger partial charge on any atom is -0.206 e. The summed E-state index contributed by atoms with van der Waals surface area (Å²) < 4.78 is 27.8. The van der Waals surface area contributed by atoms with Gasteiger partial charge in [-0.1, -0.05) is 31.5 Å². The van der Waals surface area contributed by atoms with Crippen LogP contribution >= 0.6 is 15.9 Å². The largest absolute Gasteiger partial charge is 0.206 e. The van der Waals surface area contributed by atoms with E-state index in [2.05, 4.69) is 22.9 Å². The van der Waals surface area contributed by atoms with E-state index in [0.29, 0.717) is 15.6 Å². The SMILES string of the molecule is CCCc1ccc(-c2ccc(Br)c(F)c2)c(F)c1. The number of benzene rings is 2. The minimum absolute atomic E-state index is 0.303. The Morgan fingerprint density at radius 2 is 1.78 bits per heavy atom. The van der Waals surface area contributed by atoms with Gasteiger partial charge in [0.15, 0.2) is 0 Å². The molecular weight excluding hydrogens is 298 g/mol. The Balaban J connectivity index is 2.41. The van der Waals surface area contributed by atoms with Crippen molar-refractivity contribution in [1.29, 1.82) is 0 Å². The number of halogens is 3. The van der Waals surface area contributed by atoms with E-state index in [4.69, 9.17) is 0 Å². The highest BCUT2D eigenvalue weighted by Crippen LogP contribution is 2.27. The first-order valence-electron chi connectivity index (χ1n) is 5.85. The van der Waals surface area contributed by atoms with Gasteiger partial charge in [-0.25, -0.2) is 8.78 Å². The zero-order valence-electron chi connectivity index (χ0n) is 10.0. The summed E-state index contributed by atoms with van der Waals surface area (Å²) in [7, 11) is 0. The molecule has 0 N–H and O–H groups in total. The van der Waals surface area contributed by atoms with Crippen molar-refractivity contribution >= 4 is 15.9 Å². The first-order valence-corrected chi connectivity index (χ1v) is 6.65. The van der Waals surface area contributed by atoms with Crippen molar-refractivity contribution in [2.45, 2.75) is 19.8 Å². The molecule has 0 aromatic heterocycles. The van der Waals surface area contributed by atoms with Crippen molar-refractivity contribution in [2.75, 3.05) is 0 Å². The minimum atomic E-state index is -0.385. The van der Waals surface area contributed by atoms with E-state index in [1.54, 1.807) is 18.2 Å². The Morgan fingerprint density at radius 1 is 1.00 bits per heavy atom. The topological polar surface area (TPSA) is 0 Å². The predicted octanol–water partition coefficient (Wildman–Crippen LogP) is 5.35. The van der Waals surface area contributed by atoms with Gasteiger partial charge < -0.3 is 0 Å². The van der Waals surface area contributed by atoms with Crippen LogP contribution in [0.4, 0.5) is 8.78 Å². The van der Waals surface area contributed by atoms with E-state index in [-0.39, 0.29) is 11.6 Å². The molecule has 0 saturated heterocycles. The monoisotopic (exact) mass is 310 g/mol. The number of rotatable bonds is 3. The third-order valence-electron chi connectivity index (χ3n) is 2.80. The summed E-state index contributed by atoms with van der Waals surface area (Å²) in [6.45, 7) is 2.05. The molecule has 94 valence electrons. The Labute approximate surface area is 114 Å². The molecular formula is C15H13BrF2. The van der Waals surface area contributed by atoms with Gasteiger partial charge in [0.05, 0.1) is 4.47 Å². The fourth-order valence-corrected chi connectivity index (χ4v) is 2.15. The standard InChI is InChI=1S/C15H13BrF2/c1-2-3-10-4-6-12(14(17)8-10)11-5-7-13(16)15(18)9-11/h4-9H,2-3H2,1H3. The van der Waals surface area contributed by atoms with Crippen LogP contribution in [0.2, 0.25) is 0 Å². The average Bonchev–Trinajstić information content (AvgIpc) is 2.34. The molecule has 0 nitrogen and oxygen atoms in total. The highest BCUT2D eigenvalue weighted by molar-refractivity contribution is 9.10. The summed E-state index contributed by atoms with van der Waals surface area (Å²) >= 11 is 3.08. The van der Waals surface area contributed by atoms with Gasteiger partial charge in [-0.2, -0.15) is 0 Å². The van der Waals surface area contributed by atoms with Crippen LogP contribution in [-0.2, 0) is 6.42 Å². The zero-order chi connectivity index (χ0) is 13.1. The highest BCUT2D eigenvalue weighted by atomic mass is 79.9. The van der Waals surface area contributed by atoms with Gasteiger partial charge in [0.25, 0.3) is 0 Å². The van der Waals surface area contributed by atoms with E-state index < -0.39 is 0 Å². The van der Waals surface area contributed by atoms with Crippen LogP contribution in [0, 0.1) is 11.6 Å². The number of aryl methyl sites for hydroxylation is 1. The molecule has 0 atom stereocenters. The molecule has 0 radical (unpaired) electrons. The maximum Gasteiger partial charge on any atom is 0.137 e. The Kier molecular flexibility index (Phi) is 4.12. The zero-order valence-corrected chi connectivity index (χ0v) is 11.6. The summed E-state index contributed by atoms with van der Waals surface area (Å²) in [5.74, 6) is -0.688. The molecule has 0 heterocycles. The third-order valence-corrected chi connectivity index (χ3v) is 3.45. The maximum absolute atomic E-state index is 14.0. The van der Waals surface area contributed by atoms with Crippen LogP contribution in [0.3, 0.4) is 0 Å². The second kappa shape index (κ2) is 5.61. The molecule has 2 aromatic carbocycles. The lowest BCUT2D eigenvalue weighted by atomic mass is 10.0. The van der Waals surface area contributed by atoms with E-state index in [1.165, 1.54) is 12.1 Å². The van der Waals surface area contributed by atoms with Gasteiger partial charge in [-0.05, 0) is 51.7 Å². The van der Waals surface area contributed by atoms with Crippen LogP contribution in [0.15, 0.2) is 40.9 Å². The summed E-state index contributed by atoms with van der Waals surface area (Å²) in [5.41, 5.74) is 1.95. The summed E-state index contributed by atoms with van der Waals surface area (Å²) in [6.07, 6.45) is 1.83. The maximum atomic E-state index is 14.0. The van der Waals surface area contributed by atoms with Gasteiger partial charge in [-0.15, -0.1) is 0 Å². The Bertz CT molecular complexity index is 564. The van der Waals surface area contributed by atoms with Gasteiger partial charge in [-0.3, -0.25) is 0 Å². The first kappa shape index (κ1) is 13.2. The lowest BCUT2D eigenvalue weighted by Gasteiger charge is -2.07. The van der Waals surface area contributed by atoms with Gasteiger partial charge in [0.2, 0.25) is 0 Å². The van der Waals surface area contributed by atoms with Crippen molar-refractivity contribution in [3.05, 3.63) is 58.1 Å². The van der Waals surface area contributed by atoms with Crippen LogP contribution in [0.1, 0.15) is 18.9 Å². The molecule has 3 heteroatoms. The molecule has 0 unspecified atom stereocenters. The Hall–Kier alpha value is -1.22. The second-order valence-corrected chi connectivity index (χ2v) is 5.05. The first-order chi connectivity index (χ1) is 8.61. The summed E-state index contributed by atoms with van der Waals surface area (Å²) in [5, 5.41) is 0. The van der Waals surface area contributed by atoms with Crippen LogP contribution in [0.5, 0.6) is 0 Å². The fourth-order valence-electron chi connectivity index (χ4n) is 1.90. The highest BCUT2D eigenvalue weighted by Gasteiger charge is 2.08. The second-order valence-electron chi connectivity index (χ2n) is 4.19. The molecule has 0 aliphatic rings. The van der Waals surface area contributed by atoms with E-state index >= 15 is 0 Å². The molecule has 0 fully saturated rings. The molecule has 18 heavy (non-hydrogen) atoms. The third kappa shape index (κ3) is 2.78. The number of hydrogen-bond acceptors (Lipinski definition) is 0. The lowest BCUT2D eigenvalue weighted by molar-refractivity contribution is 0.619. The molecule has 0 aliphatic heterocycles. The normalized spacial score (nSPS) is 10.7. The van der Waals surface area contributed by atoms with E-state index in [0.717, 1.165) is 18.4 Å². The van der Waals surface area contributed by atoms with Crippen LogP contribution < -0.4 is 0 Å². The fraction of sp³-hybridized carbons (Fsp3) is 0.200. The molecule has 0 spiro atoms. The predicted molar refractivity (Wildman–Crippen MR) is 73.5 cm³/mol. The van der Waals surface area contributed by atoms with Crippen LogP contribution in [0.25, 0.3) is 11.1 Å². The van der Waals surface area contributed by atoms with E-state index in [1.807, 2.05) is 6.07 Å². The van der Waals surface area contributed by atoms with Crippen molar-refractivity contribution in [3.63, 3.8) is 0 Å². The molecule has 0 aliphatic carbocycles. The smallest absolute Gasteiger partial charge is 0.137 e. The van der Waals surface area contributed by atoms with Crippen molar-refractivity contribution in [2.24, 2.45) is 0 Å². The molecule has 2 rings (SSSR count). The van der Waals surface area contributed by atoms with Crippen molar-refractivity contribution in [1.82, 2.24) is 0 Å². The van der Waals surface area contributed by atoms with Gasteiger partial charge in [0.1, 0.15) is 11.6 Å². The lowest BCUT2D eigenvalue weighted by Crippen LogP contribution is -1.90. The van der Waals surface area contributed by atoms with E-state index in [9.17, 15) is 8.78 Å². The quantitative estimate of drug-likeness (QED) is 0.717. The average molecular weight is 311 g/mol. The summed E-state index contributed by atoms with van der Waals surface area (Å²) in [4.78, 5) is 0.